The lowest BCUT2D eigenvalue weighted by Gasteiger charge is -2.22. The van der Waals surface area contributed by atoms with Crippen LogP contribution in [-0.2, 0) is 6.42 Å². The Bertz CT molecular complexity index is 634. The number of aromatic nitrogens is 1. The Labute approximate surface area is 137 Å². The highest BCUT2D eigenvalue weighted by molar-refractivity contribution is 9.10. The van der Waals surface area contributed by atoms with Gasteiger partial charge >= 0.3 is 0 Å². The number of nitrogens with one attached hydrogen (secondary N) is 1. The van der Waals surface area contributed by atoms with Crippen molar-refractivity contribution in [3.05, 3.63) is 62.6 Å². The molecular weight excluding hydrogens is 355 g/mol. The molecule has 1 N–H and O–H groups in total. The summed E-state index contributed by atoms with van der Waals surface area (Å²) in [5, 5.41) is 3.45. The van der Waals surface area contributed by atoms with Crippen molar-refractivity contribution in [3.8, 4) is 0 Å². The number of hydrogen-bond donors (Lipinski definition) is 1. The number of rotatable bonds is 5. The minimum atomic E-state index is -0.393. The Hall–Kier alpha value is -0.970. The zero-order chi connectivity index (χ0) is 15.4. The first-order chi connectivity index (χ1) is 10.1. The zero-order valence-corrected chi connectivity index (χ0v) is 14.3. The minimum absolute atomic E-state index is 0.113. The van der Waals surface area contributed by atoms with E-state index in [1.54, 1.807) is 18.3 Å². The molecule has 21 heavy (non-hydrogen) atoms. The normalized spacial score (nSPS) is 12.4. The van der Waals surface area contributed by atoms with Crippen LogP contribution in [0.1, 0.15) is 36.6 Å². The number of hydrogen-bond acceptors (Lipinski definition) is 2. The van der Waals surface area contributed by atoms with Gasteiger partial charge in [0.15, 0.2) is 0 Å². The number of halogens is 3. The number of aryl methyl sites for hydroxylation is 1. The molecular formula is C16H17BrClFN2. The van der Waals surface area contributed by atoms with Crippen LogP contribution in [0.4, 0.5) is 4.39 Å². The Morgan fingerprint density at radius 3 is 2.71 bits per heavy atom. The monoisotopic (exact) mass is 370 g/mol. The van der Waals surface area contributed by atoms with Gasteiger partial charge < -0.3 is 5.32 Å². The van der Waals surface area contributed by atoms with Crippen molar-refractivity contribution in [1.29, 1.82) is 0 Å². The molecule has 2 nitrogen and oxygen atoms in total. The third-order valence-electron chi connectivity index (χ3n) is 3.42. The van der Waals surface area contributed by atoms with E-state index in [-0.39, 0.29) is 11.1 Å². The van der Waals surface area contributed by atoms with Crippen LogP contribution in [-0.4, -0.2) is 11.5 Å². The average Bonchev–Trinajstić information content (AvgIpc) is 2.51. The Kier molecular flexibility index (Phi) is 5.73. The molecule has 0 spiro atoms. The summed E-state index contributed by atoms with van der Waals surface area (Å²) >= 11 is 9.28. The Morgan fingerprint density at radius 1 is 1.29 bits per heavy atom. The molecule has 1 atom stereocenters. The molecule has 0 aliphatic carbocycles. The summed E-state index contributed by atoms with van der Waals surface area (Å²) in [5.41, 5.74) is 2.68. The fourth-order valence-electron chi connectivity index (χ4n) is 2.37. The summed E-state index contributed by atoms with van der Waals surface area (Å²) in [5.74, 6) is -0.393. The van der Waals surface area contributed by atoms with E-state index < -0.39 is 5.82 Å². The van der Waals surface area contributed by atoms with Gasteiger partial charge in [-0.3, -0.25) is 4.98 Å². The lowest BCUT2D eigenvalue weighted by atomic mass is 9.94. The maximum atomic E-state index is 14.5. The third kappa shape index (κ3) is 3.44. The van der Waals surface area contributed by atoms with E-state index in [9.17, 15) is 4.39 Å². The first-order valence-corrected chi connectivity index (χ1v) is 8.06. The van der Waals surface area contributed by atoms with E-state index in [1.807, 2.05) is 19.2 Å². The molecule has 0 bridgehead atoms. The largest absolute Gasteiger partial charge is 0.306 e. The summed E-state index contributed by atoms with van der Waals surface area (Å²) in [4.78, 5) is 4.15. The van der Waals surface area contributed by atoms with Gasteiger partial charge in [-0.1, -0.05) is 31.5 Å². The first kappa shape index (κ1) is 16.4. The molecule has 0 saturated carbocycles. The molecule has 1 aromatic heterocycles. The van der Waals surface area contributed by atoms with Gasteiger partial charge in [0.05, 0.1) is 11.1 Å². The second-order valence-electron chi connectivity index (χ2n) is 4.68. The maximum Gasteiger partial charge on any atom is 0.148 e. The van der Waals surface area contributed by atoms with Crippen molar-refractivity contribution in [1.82, 2.24) is 10.3 Å². The van der Waals surface area contributed by atoms with Crippen molar-refractivity contribution < 1.29 is 4.39 Å². The smallest absolute Gasteiger partial charge is 0.148 e. The number of pyridine rings is 1. The quantitative estimate of drug-likeness (QED) is 0.756. The van der Waals surface area contributed by atoms with Crippen LogP contribution in [0.15, 0.2) is 35.1 Å². The van der Waals surface area contributed by atoms with Gasteiger partial charge in [-0.15, -0.1) is 0 Å². The molecule has 0 radical (unpaired) electrons. The molecule has 1 unspecified atom stereocenters. The summed E-state index contributed by atoms with van der Waals surface area (Å²) in [7, 11) is 0. The van der Waals surface area contributed by atoms with Crippen molar-refractivity contribution in [3.63, 3.8) is 0 Å². The molecule has 1 aromatic carbocycles. The molecule has 0 amide bonds. The predicted molar refractivity (Wildman–Crippen MR) is 88.2 cm³/mol. The van der Waals surface area contributed by atoms with Crippen LogP contribution < -0.4 is 5.32 Å². The van der Waals surface area contributed by atoms with E-state index in [2.05, 4.69) is 33.2 Å². The number of benzene rings is 1. The maximum absolute atomic E-state index is 14.5. The highest BCUT2D eigenvalue weighted by Gasteiger charge is 2.21. The van der Waals surface area contributed by atoms with Crippen LogP contribution in [0.5, 0.6) is 0 Å². The third-order valence-corrected chi connectivity index (χ3v) is 4.68. The molecule has 1 heterocycles. The highest BCUT2D eigenvalue weighted by Crippen LogP contribution is 2.33. The summed E-state index contributed by atoms with van der Waals surface area (Å²) in [6.07, 6.45) is 4.41. The summed E-state index contributed by atoms with van der Waals surface area (Å²) in [6.45, 7) is 4.79. The SMILES string of the molecule is CCNC(c1ccncc1CC)c1ccc(Br)c(Cl)c1F. The van der Waals surface area contributed by atoms with Crippen molar-refractivity contribution in [2.24, 2.45) is 0 Å². The zero-order valence-electron chi connectivity index (χ0n) is 12.0. The predicted octanol–water partition coefficient (Wildman–Crippen LogP) is 4.90. The standard InChI is InChI=1S/C16H17BrClFN2/c1-3-10-9-20-8-7-11(10)16(21-4-2)12-5-6-13(17)14(18)15(12)19/h5-9,16,21H,3-4H2,1-2H3. The minimum Gasteiger partial charge on any atom is -0.306 e. The van der Waals surface area contributed by atoms with E-state index in [0.717, 1.165) is 24.1 Å². The van der Waals surface area contributed by atoms with Gasteiger partial charge in [0.1, 0.15) is 5.82 Å². The lowest BCUT2D eigenvalue weighted by Crippen LogP contribution is -2.24. The number of nitrogens with zero attached hydrogens (tertiary/aromatic N) is 1. The van der Waals surface area contributed by atoms with Crippen molar-refractivity contribution >= 4 is 27.5 Å². The van der Waals surface area contributed by atoms with E-state index >= 15 is 0 Å². The molecule has 2 rings (SSSR count). The van der Waals surface area contributed by atoms with Crippen LogP contribution in [0.2, 0.25) is 5.02 Å². The van der Waals surface area contributed by atoms with Crippen molar-refractivity contribution in [2.45, 2.75) is 26.3 Å². The van der Waals surface area contributed by atoms with Gasteiger partial charge in [-0.2, -0.15) is 0 Å². The van der Waals surface area contributed by atoms with E-state index in [4.69, 9.17) is 11.6 Å². The average molecular weight is 372 g/mol. The van der Waals surface area contributed by atoms with Gasteiger partial charge in [0.25, 0.3) is 0 Å². The van der Waals surface area contributed by atoms with Gasteiger partial charge in [-0.05, 0) is 52.2 Å². The molecule has 0 aliphatic rings. The molecule has 0 saturated heterocycles. The fraction of sp³-hybridized carbons (Fsp3) is 0.312. The first-order valence-electron chi connectivity index (χ1n) is 6.89. The Balaban J connectivity index is 2.56. The van der Waals surface area contributed by atoms with E-state index in [0.29, 0.717) is 10.0 Å². The van der Waals surface area contributed by atoms with Gasteiger partial charge in [0.2, 0.25) is 0 Å². The van der Waals surface area contributed by atoms with Crippen LogP contribution in [0.25, 0.3) is 0 Å². The van der Waals surface area contributed by atoms with Crippen LogP contribution in [0, 0.1) is 5.82 Å². The lowest BCUT2D eigenvalue weighted by molar-refractivity contribution is 0.556. The molecule has 0 fully saturated rings. The molecule has 5 heteroatoms. The second kappa shape index (κ2) is 7.34. The fourth-order valence-corrected chi connectivity index (χ4v) is 2.85. The Morgan fingerprint density at radius 2 is 2.05 bits per heavy atom. The molecule has 0 aliphatic heterocycles. The second-order valence-corrected chi connectivity index (χ2v) is 5.92. The summed E-state index contributed by atoms with van der Waals surface area (Å²) in [6, 6.07) is 5.23. The van der Waals surface area contributed by atoms with Gasteiger partial charge in [-0.25, -0.2) is 4.39 Å². The van der Waals surface area contributed by atoms with Crippen LogP contribution in [0.3, 0.4) is 0 Å². The topological polar surface area (TPSA) is 24.9 Å². The van der Waals surface area contributed by atoms with Crippen molar-refractivity contribution in [2.75, 3.05) is 6.54 Å². The van der Waals surface area contributed by atoms with Gasteiger partial charge in [0, 0.05) is 22.4 Å². The van der Waals surface area contributed by atoms with E-state index in [1.165, 1.54) is 0 Å². The summed E-state index contributed by atoms with van der Waals surface area (Å²) < 4.78 is 15.1. The highest BCUT2D eigenvalue weighted by atomic mass is 79.9. The molecule has 112 valence electrons. The van der Waals surface area contributed by atoms with Crippen LogP contribution >= 0.6 is 27.5 Å². The molecule has 2 aromatic rings.